The van der Waals surface area contributed by atoms with Gasteiger partial charge in [0.2, 0.25) is 5.91 Å². The Labute approximate surface area is 165 Å². The first-order valence-corrected chi connectivity index (χ1v) is 8.80. The van der Waals surface area contributed by atoms with E-state index < -0.39 is 6.61 Å². The highest BCUT2D eigenvalue weighted by atomic mass is 35.5. The Morgan fingerprint density at radius 2 is 1.96 bits per heavy atom. The Morgan fingerprint density at radius 3 is 2.71 bits per heavy atom. The minimum atomic E-state index is -2.97. The Kier molecular flexibility index (Phi) is 6.41. The number of fused-ring (bicyclic) bond motifs is 1. The monoisotopic (exact) mass is 413 g/mol. The van der Waals surface area contributed by atoms with Gasteiger partial charge in [-0.05, 0) is 35.4 Å². The summed E-state index contributed by atoms with van der Waals surface area (Å²) in [5, 5.41) is 3.11. The average molecular weight is 414 g/mol. The lowest BCUT2D eigenvalue weighted by Gasteiger charge is -2.20. The van der Waals surface area contributed by atoms with E-state index in [1.54, 1.807) is 18.2 Å². The summed E-state index contributed by atoms with van der Waals surface area (Å²) in [6.45, 7) is -2.00. The second kappa shape index (κ2) is 8.97. The Balaban J connectivity index is 1.62. The first kappa shape index (κ1) is 20.0. The molecule has 1 N–H and O–H groups in total. The molecule has 0 radical (unpaired) electrons. The number of nitrogens with one attached hydrogen (secondary N) is 1. The molecule has 0 atom stereocenters. The number of ether oxygens (including phenoxy) is 4. The van der Waals surface area contributed by atoms with Crippen LogP contribution in [0.1, 0.15) is 11.1 Å². The summed E-state index contributed by atoms with van der Waals surface area (Å²) >= 11 is 6.17. The van der Waals surface area contributed by atoms with Gasteiger partial charge < -0.3 is 24.3 Å². The van der Waals surface area contributed by atoms with Gasteiger partial charge >= 0.3 is 6.61 Å². The van der Waals surface area contributed by atoms with Gasteiger partial charge in [-0.25, -0.2) is 0 Å². The van der Waals surface area contributed by atoms with Gasteiger partial charge in [-0.1, -0.05) is 17.7 Å². The SMILES string of the molecule is COc1ccc(CNC(=O)Cc2cc(Cl)c3c(c2)OCCO3)cc1OC(F)F. The molecule has 0 aliphatic carbocycles. The fourth-order valence-corrected chi connectivity index (χ4v) is 3.02. The van der Waals surface area contributed by atoms with Crippen molar-refractivity contribution in [2.24, 2.45) is 0 Å². The van der Waals surface area contributed by atoms with Gasteiger partial charge in [0.25, 0.3) is 0 Å². The molecule has 0 bridgehead atoms. The predicted octanol–water partition coefficient (Wildman–Crippen LogP) is 3.58. The maximum Gasteiger partial charge on any atom is 0.387 e. The van der Waals surface area contributed by atoms with Crippen LogP contribution in [-0.2, 0) is 17.8 Å². The van der Waals surface area contributed by atoms with Crippen LogP contribution >= 0.6 is 11.6 Å². The molecule has 1 aliphatic heterocycles. The molecular weight excluding hydrogens is 396 g/mol. The van der Waals surface area contributed by atoms with Crippen molar-refractivity contribution >= 4 is 17.5 Å². The van der Waals surface area contributed by atoms with Gasteiger partial charge in [0.15, 0.2) is 23.0 Å². The molecule has 1 heterocycles. The highest BCUT2D eigenvalue weighted by Crippen LogP contribution is 2.38. The molecule has 3 rings (SSSR count). The van der Waals surface area contributed by atoms with Crippen LogP contribution in [0.3, 0.4) is 0 Å². The van der Waals surface area contributed by atoms with Crippen molar-refractivity contribution < 1.29 is 32.5 Å². The number of hydrogen-bond donors (Lipinski definition) is 1. The zero-order chi connectivity index (χ0) is 20.1. The number of hydrogen-bond acceptors (Lipinski definition) is 5. The number of carbonyl (C=O) groups is 1. The molecule has 1 amide bonds. The number of benzene rings is 2. The summed E-state index contributed by atoms with van der Waals surface area (Å²) in [4.78, 5) is 12.2. The van der Waals surface area contributed by atoms with Crippen LogP contribution in [0.2, 0.25) is 5.02 Å². The Hall–Kier alpha value is -2.74. The zero-order valence-corrected chi connectivity index (χ0v) is 15.7. The van der Waals surface area contributed by atoms with Gasteiger partial charge in [0, 0.05) is 6.54 Å². The van der Waals surface area contributed by atoms with Gasteiger partial charge in [0.05, 0.1) is 18.6 Å². The molecule has 0 spiro atoms. The third-order valence-corrected chi connectivity index (χ3v) is 4.24. The Morgan fingerprint density at radius 1 is 1.18 bits per heavy atom. The standard InChI is InChI=1S/C19H18ClF2NO5/c1-25-14-3-2-11(7-15(14)28-19(21)22)10-23-17(24)9-12-6-13(20)18-16(8-12)26-4-5-27-18/h2-3,6-8,19H,4-5,9-10H2,1H3,(H,23,24). The van der Waals surface area contributed by atoms with Crippen LogP contribution in [-0.4, -0.2) is 32.8 Å². The van der Waals surface area contributed by atoms with Crippen molar-refractivity contribution in [1.29, 1.82) is 0 Å². The van der Waals surface area contributed by atoms with Crippen molar-refractivity contribution in [1.82, 2.24) is 5.32 Å². The number of alkyl halides is 2. The van der Waals surface area contributed by atoms with E-state index in [0.29, 0.717) is 40.9 Å². The van der Waals surface area contributed by atoms with Crippen LogP contribution in [0.25, 0.3) is 0 Å². The number of halogens is 3. The van der Waals surface area contributed by atoms with Crippen LogP contribution in [0.5, 0.6) is 23.0 Å². The molecule has 0 aromatic heterocycles. The maximum absolute atomic E-state index is 12.5. The lowest BCUT2D eigenvalue weighted by atomic mass is 10.1. The van der Waals surface area contributed by atoms with Gasteiger partial charge in [-0.15, -0.1) is 0 Å². The molecule has 0 unspecified atom stereocenters. The van der Waals surface area contributed by atoms with Crippen molar-refractivity contribution in [3.05, 3.63) is 46.5 Å². The topological polar surface area (TPSA) is 66.0 Å². The second-order valence-electron chi connectivity index (χ2n) is 5.92. The number of carbonyl (C=O) groups excluding carboxylic acids is 1. The van der Waals surface area contributed by atoms with E-state index in [9.17, 15) is 13.6 Å². The van der Waals surface area contributed by atoms with E-state index in [-0.39, 0.29) is 30.4 Å². The molecule has 0 saturated heterocycles. The number of methoxy groups -OCH3 is 1. The van der Waals surface area contributed by atoms with Crippen molar-refractivity contribution in [3.63, 3.8) is 0 Å². The molecule has 2 aromatic rings. The lowest BCUT2D eigenvalue weighted by Crippen LogP contribution is -2.24. The molecular formula is C19H18ClF2NO5. The van der Waals surface area contributed by atoms with E-state index in [2.05, 4.69) is 10.1 Å². The first-order chi connectivity index (χ1) is 13.5. The third kappa shape index (κ3) is 4.95. The molecule has 0 fully saturated rings. The fourth-order valence-electron chi connectivity index (χ4n) is 2.73. The third-order valence-electron chi connectivity index (χ3n) is 3.96. The molecule has 1 aliphatic rings. The molecule has 2 aromatic carbocycles. The Bertz CT molecular complexity index is 862. The summed E-state index contributed by atoms with van der Waals surface area (Å²) in [6, 6.07) is 7.91. The molecule has 0 saturated carbocycles. The van der Waals surface area contributed by atoms with E-state index in [1.165, 1.54) is 19.2 Å². The van der Waals surface area contributed by atoms with Crippen LogP contribution in [0, 0.1) is 0 Å². The van der Waals surface area contributed by atoms with Crippen LogP contribution in [0.15, 0.2) is 30.3 Å². The maximum atomic E-state index is 12.5. The highest BCUT2D eigenvalue weighted by Gasteiger charge is 2.18. The fraction of sp³-hybridized carbons (Fsp3) is 0.316. The quantitative estimate of drug-likeness (QED) is 0.751. The van der Waals surface area contributed by atoms with Crippen LogP contribution in [0.4, 0.5) is 8.78 Å². The van der Waals surface area contributed by atoms with Crippen molar-refractivity contribution in [2.75, 3.05) is 20.3 Å². The molecule has 9 heteroatoms. The van der Waals surface area contributed by atoms with Crippen molar-refractivity contribution in [2.45, 2.75) is 19.6 Å². The molecule has 150 valence electrons. The first-order valence-electron chi connectivity index (χ1n) is 8.42. The summed E-state index contributed by atoms with van der Waals surface area (Å²) in [5.41, 5.74) is 1.26. The van der Waals surface area contributed by atoms with Gasteiger partial charge in [-0.3, -0.25) is 4.79 Å². The number of amides is 1. The number of rotatable bonds is 7. The van der Waals surface area contributed by atoms with E-state index in [4.69, 9.17) is 25.8 Å². The van der Waals surface area contributed by atoms with E-state index >= 15 is 0 Å². The summed E-state index contributed by atoms with van der Waals surface area (Å²) < 4.78 is 45.4. The highest BCUT2D eigenvalue weighted by molar-refractivity contribution is 6.32. The lowest BCUT2D eigenvalue weighted by molar-refractivity contribution is -0.120. The minimum Gasteiger partial charge on any atom is -0.493 e. The van der Waals surface area contributed by atoms with E-state index in [1.807, 2.05) is 0 Å². The second-order valence-corrected chi connectivity index (χ2v) is 6.33. The van der Waals surface area contributed by atoms with Crippen LogP contribution < -0.4 is 24.3 Å². The molecule has 28 heavy (non-hydrogen) atoms. The van der Waals surface area contributed by atoms with E-state index in [0.717, 1.165) is 0 Å². The summed E-state index contributed by atoms with van der Waals surface area (Å²) in [6.07, 6.45) is 0.0763. The van der Waals surface area contributed by atoms with Gasteiger partial charge in [0.1, 0.15) is 13.2 Å². The smallest absolute Gasteiger partial charge is 0.387 e. The normalized spacial score (nSPS) is 12.6. The summed E-state index contributed by atoms with van der Waals surface area (Å²) in [5.74, 6) is 0.802. The molecule has 6 nitrogen and oxygen atoms in total. The van der Waals surface area contributed by atoms with Crippen molar-refractivity contribution in [3.8, 4) is 23.0 Å². The van der Waals surface area contributed by atoms with Gasteiger partial charge in [-0.2, -0.15) is 8.78 Å². The average Bonchev–Trinajstić information content (AvgIpc) is 2.66. The predicted molar refractivity (Wildman–Crippen MR) is 97.6 cm³/mol. The minimum absolute atomic E-state index is 0.0763. The zero-order valence-electron chi connectivity index (χ0n) is 15.0. The largest absolute Gasteiger partial charge is 0.493 e. The summed E-state index contributed by atoms with van der Waals surface area (Å²) in [7, 11) is 1.35.